The molecule has 1 atom stereocenters. The van der Waals surface area contributed by atoms with Gasteiger partial charge in [0.15, 0.2) is 0 Å². The second-order valence-electron chi connectivity index (χ2n) is 7.95. The predicted octanol–water partition coefficient (Wildman–Crippen LogP) is 3.58. The smallest absolute Gasteiger partial charge is 0.234 e. The Balaban J connectivity index is 1.40. The molecule has 150 valence electrons. The number of fused-ring (bicyclic) bond motifs is 2. The van der Waals surface area contributed by atoms with Gasteiger partial charge in [-0.3, -0.25) is 19.8 Å². The molecular weight excluding hydrogens is 368 g/mol. The molecule has 2 aliphatic rings. The summed E-state index contributed by atoms with van der Waals surface area (Å²) < 4.78 is 11.7. The van der Waals surface area contributed by atoms with Crippen LogP contribution in [0.1, 0.15) is 37.2 Å². The summed E-state index contributed by atoms with van der Waals surface area (Å²) in [4.78, 5) is 26.2. The molecule has 6 heteroatoms. The fraction of sp³-hybridized carbons (Fsp3) is 0.391. The zero-order chi connectivity index (χ0) is 19.8. The summed E-state index contributed by atoms with van der Waals surface area (Å²) in [5, 5.41) is 5.46. The fourth-order valence-corrected chi connectivity index (χ4v) is 4.42. The number of likely N-dealkylation sites (tertiary alicyclic amines) is 1. The van der Waals surface area contributed by atoms with Crippen molar-refractivity contribution >= 4 is 33.6 Å². The van der Waals surface area contributed by atoms with Crippen molar-refractivity contribution in [1.29, 1.82) is 0 Å². The third-order valence-corrected chi connectivity index (χ3v) is 6.02. The lowest BCUT2D eigenvalue weighted by Crippen LogP contribution is -2.39. The number of rotatable bonds is 5. The molecule has 0 saturated carbocycles. The number of hydrogen-bond donors (Lipinski definition) is 1. The lowest BCUT2D eigenvalue weighted by Gasteiger charge is -2.19. The molecule has 0 spiro atoms. The first-order chi connectivity index (χ1) is 14.2. The van der Waals surface area contributed by atoms with E-state index >= 15 is 0 Å². The van der Waals surface area contributed by atoms with Crippen molar-refractivity contribution in [1.82, 2.24) is 10.2 Å². The van der Waals surface area contributed by atoms with Gasteiger partial charge in [-0.1, -0.05) is 6.07 Å². The summed E-state index contributed by atoms with van der Waals surface area (Å²) in [5.74, 6) is 0.0386. The molecule has 1 N–H and O–H groups in total. The van der Waals surface area contributed by atoms with Crippen molar-refractivity contribution in [2.75, 3.05) is 26.2 Å². The van der Waals surface area contributed by atoms with Gasteiger partial charge < -0.3 is 9.15 Å². The summed E-state index contributed by atoms with van der Waals surface area (Å²) in [6.45, 7) is 3.98. The Morgan fingerprint density at radius 1 is 1.10 bits per heavy atom. The molecule has 29 heavy (non-hydrogen) atoms. The lowest BCUT2D eigenvalue weighted by molar-refractivity contribution is -0.134. The first kappa shape index (κ1) is 18.2. The molecule has 5 rings (SSSR count). The zero-order valence-corrected chi connectivity index (χ0v) is 16.3. The van der Waals surface area contributed by atoms with Crippen molar-refractivity contribution in [3.05, 3.63) is 42.2 Å². The van der Waals surface area contributed by atoms with Gasteiger partial charge in [0.2, 0.25) is 11.8 Å². The van der Waals surface area contributed by atoms with Gasteiger partial charge >= 0.3 is 0 Å². The van der Waals surface area contributed by atoms with E-state index in [4.69, 9.17) is 9.15 Å². The van der Waals surface area contributed by atoms with E-state index in [9.17, 15) is 9.59 Å². The molecule has 1 aromatic heterocycles. The van der Waals surface area contributed by atoms with Crippen LogP contribution in [0.4, 0.5) is 0 Å². The summed E-state index contributed by atoms with van der Waals surface area (Å²) in [5.41, 5.74) is 1.59. The number of hydrogen-bond acceptors (Lipinski definition) is 5. The number of carbonyl (C=O) groups excluding carboxylic acids is 2. The van der Waals surface area contributed by atoms with E-state index in [0.717, 1.165) is 39.6 Å². The third kappa shape index (κ3) is 3.60. The number of amides is 2. The maximum atomic E-state index is 12.3. The number of piperidine rings is 1. The minimum Gasteiger partial charge on any atom is -0.492 e. The fourth-order valence-electron chi connectivity index (χ4n) is 4.42. The molecule has 2 aromatic carbocycles. The molecule has 3 aromatic rings. The van der Waals surface area contributed by atoms with Crippen LogP contribution in [0.15, 0.2) is 41.0 Å². The van der Waals surface area contributed by atoms with Crippen LogP contribution in [0.3, 0.4) is 0 Å². The van der Waals surface area contributed by atoms with E-state index in [0.29, 0.717) is 19.4 Å². The minimum absolute atomic E-state index is 0.208. The number of imide groups is 1. The van der Waals surface area contributed by atoms with Crippen LogP contribution >= 0.6 is 0 Å². The maximum Gasteiger partial charge on any atom is 0.234 e. The van der Waals surface area contributed by atoms with Crippen LogP contribution in [-0.2, 0) is 9.59 Å². The SMILES string of the molecule is O=C1CC[C@H](c2coc3cc4ccc(OCCN5CCCC5)cc4cc23)C(=O)N1. The van der Waals surface area contributed by atoms with Gasteiger partial charge in [-0.25, -0.2) is 0 Å². The van der Waals surface area contributed by atoms with Crippen molar-refractivity contribution in [2.24, 2.45) is 0 Å². The Bertz CT molecular complexity index is 1080. The number of nitrogens with zero attached hydrogens (tertiary/aromatic N) is 1. The number of carbonyl (C=O) groups is 2. The van der Waals surface area contributed by atoms with Gasteiger partial charge in [0.1, 0.15) is 17.9 Å². The van der Waals surface area contributed by atoms with E-state index in [2.05, 4.69) is 16.3 Å². The quantitative estimate of drug-likeness (QED) is 0.672. The molecule has 0 radical (unpaired) electrons. The van der Waals surface area contributed by atoms with Crippen molar-refractivity contribution in [2.45, 2.75) is 31.6 Å². The van der Waals surface area contributed by atoms with Crippen LogP contribution in [-0.4, -0.2) is 43.0 Å². The molecule has 2 saturated heterocycles. The molecule has 2 fully saturated rings. The van der Waals surface area contributed by atoms with Gasteiger partial charge in [-0.05, 0) is 67.4 Å². The first-order valence-corrected chi connectivity index (χ1v) is 10.3. The van der Waals surface area contributed by atoms with E-state index in [1.54, 1.807) is 6.26 Å². The van der Waals surface area contributed by atoms with Crippen LogP contribution in [0.25, 0.3) is 21.7 Å². The summed E-state index contributed by atoms with van der Waals surface area (Å²) >= 11 is 0. The van der Waals surface area contributed by atoms with Gasteiger partial charge in [0.05, 0.1) is 12.2 Å². The molecule has 0 unspecified atom stereocenters. The van der Waals surface area contributed by atoms with Crippen molar-refractivity contribution in [3.8, 4) is 5.75 Å². The summed E-state index contributed by atoms with van der Waals surface area (Å²) in [6, 6.07) is 10.1. The van der Waals surface area contributed by atoms with Crippen LogP contribution < -0.4 is 10.1 Å². The Hall–Kier alpha value is -2.86. The molecule has 6 nitrogen and oxygen atoms in total. The summed E-state index contributed by atoms with van der Waals surface area (Å²) in [6.07, 6.45) is 5.08. The monoisotopic (exact) mass is 392 g/mol. The Morgan fingerprint density at radius 2 is 1.97 bits per heavy atom. The molecular formula is C23H24N2O4. The van der Waals surface area contributed by atoms with E-state index < -0.39 is 0 Å². The standard InChI is InChI=1S/C23H24N2O4/c26-22-6-5-18(23(27)24-22)20-14-29-21-13-15-3-4-17(11-16(15)12-19(20)21)28-10-9-25-7-1-2-8-25/h3-4,11-14,18H,1-2,5-10H2,(H,24,26,27)/t18-/m1/s1. The van der Waals surface area contributed by atoms with Crippen molar-refractivity contribution in [3.63, 3.8) is 0 Å². The molecule has 2 aliphatic heterocycles. The normalized spacial score (nSPS) is 20.5. The average molecular weight is 392 g/mol. The van der Waals surface area contributed by atoms with E-state index in [-0.39, 0.29) is 17.7 Å². The highest BCUT2D eigenvalue weighted by molar-refractivity contribution is 6.04. The minimum atomic E-state index is -0.355. The number of ether oxygens (including phenoxy) is 1. The molecule has 0 aliphatic carbocycles. The topological polar surface area (TPSA) is 71.8 Å². The van der Waals surface area contributed by atoms with Crippen LogP contribution in [0.5, 0.6) is 5.75 Å². The lowest BCUT2D eigenvalue weighted by atomic mass is 9.90. The first-order valence-electron chi connectivity index (χ1n) is 10.3. The average Bonchev–Trinajstić information content (AvgIpc) is 3.36. The largest absolute Gasteiger partial charge is 0.492 e. The molecule has 0 bridgehead atoms. The van der Waals surface area contributed by atoms with Gasteiger partial charge in [-0.15, -0.1) is 0 Å². The van der Waals surface area contributed by atoms with E-state index in [1.807, 2.05) is 24.3 Å². The molecule has 2 amide bonds. The number of nitrogens with one attached hydrogen (secondary N) is 1. The highest BCUT2D eigenvalue weighted by Gasteiger charge is 2.30. The zero-order valence-electron chi connectivity index (χ0n) is 16.3. The highest BCUT2D eigenvalue weighted by atomic mass is 16.5. The second-order valence-corrected chi connectivity index (χ2v) is 7.95. The number of furan rings is 1. The predicted molar refractivity (Wildman–Crippen MR) is 110 cm³/mol. The van der Waals surface area contributed by atoms with Crippen molar-refractivity contribution < 1.29 is 18.7 Å². The Labute approximate surface area is 168 Å². The summed E-state index contributed by atoms with van der Waals surface area (Å²) in [7, 11) is 0. The highest BCUT2D eigenvalue weighted by Crippen LogP contribution is 2.35. The van der Waals surface area contributed by atoms with Gasteiger partial charge in [0.25, 0.3) is 0 Å². The Morgan fingerprint density at radius 3 is 2.79 bits per heavy atom. The van der Waals surface area contributed by atoms with Gasteiger partial charge in [-0.2, -0.15) is 0 Å². The second kappa shape index (κ2) is 7.52. The number of benzene rings is 2. The third-order valence-electron chi connectivity index (χ3n) is 6.02. The van der Waals surface area contributed by atoms with E-state index in [1.165, 1.54) is 25.9 Å². The van der Waals surface area contributed by atoms with Gasteiger partial charge in [0, 0.05) is 23.9 Å². The van der Waals surface area contributed by atoms with Crippen LogP contribution in [0.2, 0.25) is 0 Å². The maximum absolute atomic E-state index is 12.3. The molecule has 3 heterocycles. The Kier molecular flexibility index (Phi) is 4.72. The van der Waals surface area contributed by atoms with Crippen LogP contribution in [0, 0.1) is 0 Å².